The first kappa shape index (κ1) is 26.8. The Balaban J connectivity index is 1.58. The van der Waals surface area contributed by atoms with Crippen LogP contribution in [0.25, 0.3) is 0 Å². The summed E-state index contributed by atoms with van der Waals surface area (Å²) >= 11 is 1.53. The highest BCUT2D eigenvalue weighted by Crippen LogP contribution is 2.54. The van der Waals surface area contributed by atoms with Gasteiger partial charge >= 0.3 is 0 Å². The van der Waals surface area contributed by atoms with E-state index in [1.54, 1.807) is 17.0 Å². The van der Waals surface area contributed by atoms with Crippen molar-refractivity contribution in [1.82, 2.24) is 15.1 Å². The van der Waals surface area contributed by atoms with Crippen LogP contribution in [-0.2, 0) is 9.59 Å². The number of halogens is 1. The summed E-state index contributed by atoms with van der Waals surface area (Å²) in [4.78, 5) is 47.8. The molecule has 2 amide bonds. The summed E-state index contributed by atoms with van der Waals surface area (Å²) in [5, 5.41) is 5.28. The summed E-state index contributed by atoms with van der Waals surface area (Å²) in [5.74, 6) is -2.14. The number of nitrogens with one attached hydrogen (secondary N) is 1. The third-order valence-electron chi connectivity index (χ3n) is 8.56. The van der Waals surface area contributed by atoms with Crippen LogP contribution >= 0.6 is 11.3 Å². The van der Waals surface area contributed by atoms with Gasteiger partial charge in [0.05, 0.1) is 12.0 Å². The number of nitrogens with zero attached hydrogens (tertiary/aromatic N) is 2. The number of carbonyl (C=O) groups excluding carboxylic acids is 3. The van der Waals surface area contributed by atoms with Crippen molar-refractivity contribution in [3.05, 3.63) is 92.9 Å². The van der Waals surface area contributed by atoms with E-state index < -0.39 is 23.9 Å². The summed E-state index contributed by atoms with van der Waals surface area (Å²) in [6.07, 6.45) is 1.58. The first-order valence-corrected chi connectivity index (χ1v) is 14.9. The lowest BCUT2D eigenvalue weighted by Gasteiger charge is -2.36. The molecule has 6 rings (SSSR count). The highest BCUT2D eigenvalue weighted by Gasteiger charge is 2.60. The normalized spacial score (nSPS) is 24.8. The number of piperazine rings is 1. The van der Waals surface area contributed by atoms with Gasteiger partial charge < -0.3 is 15.1 Å². The van der Waals surface area contributed by atoms with E-state index in [9.17, 15) is 18.8 Å². The van der Waals surface area contributed by atoms with Gasteiger partial charge in [-0.05, 0) is 67.5 Å². The summed E-state index contributed by atoms with van der Waals surface area (Å²) in [6, 6.07) is 14.2. The lowest BCUT2D eigenvalue weighted by molar-refractivity contribution is -0.147. The zero-order chi connectivity index (χ0) is 28.0. The maximum absolute atomic E-state index is 14.6. The second kappa shape index (κ2) is 10.9. The average Bonchev–Trinajstić information content (AvgIpc) is 3.65. The van der Waals surface area contributed by atoms with Crippen LogP contribution in [-0.4, -0.2) is 59.6 Å². The number of Topliss-reactive ketones (excluding diaryl/α,β-unsaturated/α-hetero) is 1. The van der Waals surface area contributed by atoms with Crippen molar-refractivity contribution in [3.8, 4) is 0 Å². The van der Waals surface area contributed by atoms with Gasteiger partial charge in [-0.25, -0.2) is 4.39 Å². The monoisotopic (exact) mass is 559 g/mol. The van der Waals surface area contributed by atoms with E-state index in [1.165, 1.54) is 23.5 Å². The topological polar surface area (TPSA) is 69.7 Å². The molecule has 2 saturated heterocycles. The minimum Gasteiger partial charge on any atom is -0.338 e. The second-order valence-electron chi connectivity index (χ2n) is 11.3. The number of hydrogen-bond acceptors (Lipinski definition) is 5. The van der Waals surface area contributed by atoms with E-state index >= 15 is 0 Å². The fraction of sp³-hybridized carbons (Fsp3) is 0.406. The number of ketones is 1. The Kier molecular flexibility index (Phi) is 7.31. The van der Waals surface area contributed by atoms with E-state index in [2.05, 4.69) is 5.32 Å². The first-order chi connectivity index (χ1) is 19.3. The van der Waals surface area contributed by atoms with Crippen LogP contribution in [0.2, 0.25) is 0 Å². The molecule has 2 aromatic carbocycles. The molecule has 3 fully saturated rings. The van der Waals surface area contributed by atoms with Gasteiger partial charge in [-0.2, -0.15) is 0 Å². The van der Waals surface area contributed by atoms with E-state index in [1.807, 2.05) is 54.5 Å². The average molecular weight is 560 g/mol. The minimum atomic E-state index is -0.859. The number of carbonyl (C=O) groups is 3. The molecular formula is C32H34FN3O3S. The number of benzene rings is 2. The Labute approximate surface area is 238 Å². The molecule has 3 heterocycles. The van der Waals surface area contributed by atoms with Crippen molar-refractivity contribution in [2.24, 2.45) is 11.8 Å². The van der Waals surface area contributed by atoms with Gasteiger partial charge in [0.1, 0.15) is 11.9 Å². The van der Waals surface area contributed by atoms with Gasteiger partial charge in [0.2, 0.25) is 11.8 Å². The number of aryl methyl sites for hydroxylation is 2. The van der Waals surface area contributed by atoms with Gasteiger partial charge in [0, 0.05) is 48.5 Å². The quantitative estimate of drug-likeness (QED) is 0.437. The van der Waals surface area contributed by atoms with E-state index in [0.717, 1.165) is 28.8 Å². The van der Waals surface area contributed by atoms with Crippen molar-refractivity contribution >= 4 is 28.9 Å². The largest absolute Gasteiger partial charge is 0.338 e. The number of thiophene rings is 1. The second-order valence-corrected chi connectivity index (χ2v) is 12.2. The predicted molar refractivity (Wildman–Crippen MR) is 153 cm³/mol. The van der Waals surface area contributed by atoms with Gasteiger partial charge in [0.15, 0.2) is 5.78 Å². The minimum absolute atomic E-state index is 0.0575. The maximum atomic E-state index is 14.6. The Morgan fingerprint density at radius 2 is 1.68 bits per heavy atom. The highest BCUT2D eigenvalue weighted by atomic mass is 32.1. The highest BCUT2D eigenvalue weighted by molar-refractivity contribution is 7.10. The van der Waals surface area contributed by atoms with Crippen molar-refractivity contribution in [1.29, 1.82) is 0 Å². The van der Waals surface area contributed by atoms with E-state index in [0.29, 0.717) is 37.3 Å². The van der Waals surface area contributed by atoms with Gasteiger partial charge in [-0.3, -0.25) is 14.4 Å². The first-order valence-electron chi connectivity index (χ1n) is 14.1. The van der Waals surface area contributed by atoms with Crippen LogP contribution in [0.4, 0.5) is 4.39 Å². The predicted octanol–water partition coefficient (Wildman–Crippen LogP) is 4.88. The molecule has 1 aliphatic carbocycles. The molecule has 4 atom stereocenters. The Morgan fingerprint density at radius 1 is 0.950 bits per heavy atom. The fourth-order valence-electron chi connectivity index (χ4n) is 6.42. The third-order valence-corrected chi connectivity index (χ3v) is 9.65. The van der Waals surface area contributed by atoms with Crippen molar-refractivity contribution in [2.45, 2.75) is 44.7 Å². The van der Waals surface area contributed by atoms with Crippen LogP contribution in [0.5, 0.6) is 0 Å². The molecule has 3 aliphatic rings. The molecule has 2 aliphatic heterocycles. The van der Waals surface area contributed by atoms with E-state index in [4.69, 9.17) is 0 Å². The molecule has 208 valence electrons. The summed E-state index contributed by atoms with van der Waals surface area (Å²) in [7, 11) is 0. The lowest BCUT2D eigenvalue weighted by Crippen LogP contribution is -2.55. The van der Waals surface area contributed by atoms with Crippen molar-refractivity contribution in [3.63, 3.8) is 0 Å². The molecule has 8 heteroatoms. The molecule has 6 nitrogen and oxygen atoms in total. The SMILES string of the molecule is Cc1cccc(C(=O)C2C(c3ccc(F)cc3)C(C(=O)N3CCNCC3)N(C(=O)C3CC3)C2c2sccc2C)c1. The zero-order valence-electron chi connectivity index (χ0n) is 22.8. The molecule has 0 radical (unpaired) electrons. The van der Waals surface area contributed by atoms with Crippen LogP contribution in [0.15, 0.2) is 60.0 Å². The summed E-state index contributed by atoms with van der Waals surface area (Å²) in [5.41, 5.74) is 3.22. The van der Waals surface area contributed by atoms with Gasteiger partial charge in [-0.1, -0.05) is 35.9 Å². The summed E-state index contributed by atoms with van der Waals surface area (Å²) in [6.45, 7) is 6.37. The van der Waals surface area contributed by atoms with Crippen LogP contribution in [0.1, 0.15) is 56.7 Å². The molecular weight excluding hydrogens is 525 g/mol. The van der Waals surface area contributed by atoms with Gasteiger partial charge in [0.25, 0.3) is 0 Å². The number of amides is 2. The molecule has 1 aromatic heterocycles. The fourth-order valence-corrected chi connectivity index (χ4v) is 7.49. The zero-order valence-corrected chi connectivity index (χ0v) is 23.6. The molecule has 4 unspecified atom stereocenters. The third kappa shape index (κ3) is 4.88. The molecule has 40 heavy (non-hydrogen) atoms. The Hall–Kier alpha value is -3.36. The maximum Gasteiger partial charge on any atom is 0.246 e. The Morgan fingerprint density at radius 3 is 2.30 bits per heavy atom. The number of likely N-dealkylation sites (tertiary alicyclic amines) is 1. The van der Waals surface area contributed by atoms with E-state index in [-0.39, 0.29) is 29.3 Å². The van der Waals surface area contributed by atoms with Crippen LogP contribution in [0, 0.1) is 31.5 Å². The smallest absolute Gasteiger partial charge is 0.246 e. The number of rotatable bonds is 6. The van der Waals surface area contributed by atoms with Crippen molar-refractivity contribution < 1.29 is 18.8 Å². The standard InChI is InChI=1S/C32H34FN3O3S/c1-19-4-3-5-23(18-19)29(37)26-25(21-8-10-24(33)11-9-21)28(32(39)35-15-13-34-14-16-35)36(31(38)22-6-7-22)27(26)30-20(2)12-17-40-30/h3-5,8-12,17-18,22,25-28,34H,6-7,13-16H2,1-2H3. The lowest BCUT2D eigenvalue weighted by atomic mass is 9.76. The van der Waals surface area contributed by atoms with Crippen molar-refractivity contribution in [2.75, 3.05) is 26.2 Å². The molecule has 0 spiro atoms. The molecule has 1 N–H and O–H groups in total. The van der Waals surface area contributed by atoms with Crippen LogP contribution < -0.4 is 5.32 Å². The van der Waals surface area contributed by atoms with Crippen LogP contribution in [0.3, 0.4) is 0 Å². The summed E-state index contributed by atoms with van der Waals surface area (Å²) < 4.78 is 14.1. The van der Waals surface area contributed by atoms with Gasteiger partial charge in [-0.15, -0.1) is 11.3 Å². The Bertz CT molecular complexity index is 1430. The molecule has 1 saturated carbocycles. The molecule has 0 bridgehead atoms. The number of hydrogen-bond donors (Lipinski definition) is 1. The molecule has 3 aromatic rings.